The molecule has 138 valence electrons. The number of ether oxygens (including phenoxy) is 1. The van der Waals surface area contributed by atoms with Gasteiger partial charge in [-0.3, -0.25) is 4.79 Å². The lowest BCUT2D eigenvalue weighted by Gasteiger charge is -2.34. The molecule has 2 aromatic rings. The first-order chi connectivity index (χ1) is 12.5. The molecule has 7 heteroatoms. The predicted octanol–water partition coefficient (Wildman–Crippen LogP) is 2.23. The fourth-order valence-electron chi connectivity index (χ4n) is 2.94. The number of hydrogen-bond acceptors (Lipinski definition) is 4. The van der Waals surface area contributed by atoms with E-state index >= 15 is 0 Å². The van der Waals surface area contributed by atoms with E-state index in [0.717, 1.165) is 0 Å². The van der Waals surface area contributed by atoms with Crippen molar-refractivity contribution in [3.8, 4) is 5.75 Å². The van der Waals surface area contributed by atoms with Crippen LogP contribution in [0.2, 0.25) is 0 Å². The summed E-state index contributed by atoms with van der Waals surface area (Å²) in [6, 6.07) is 15.4. The molecule has 1 aliphatic rings. The van der Waals surface area contributed by atoms with E-state index in [-0.39, 0.29) is 23.9 Å². The van der Waals surface area contributed by atoms with Crippen LogP contribution in [0.3, 0.4) is 0 Å². The Morgan fingerprint density at radius 3 is 2.35 bits per heavy atom. The Kier molecular flexibility index (Phi) is 5.58. The zero-order valence-electron chi connectivity index (χ0n) is 14.7. The predicted molar refractivity (Wildman–Crippen MR) is 98.7 cm³/mol. The Balaban J connectivity index is 1.67. The molecule has 1 amide bonds. The molecule has 1 saturated heterocycles. The highest BCUT2D eigenvalue weighted by Gasteiger charge is 2.30. The Morgan fingerprint density at radius 1 is 1.00 bits per heavy atom. The molecular weight excluding hydrogens is 352 g/mol. The number of carbonyl (C=O) groups is 1. The summed E-state index contributed by atoms with van der Waals surface area (Å²) in [5.41, 5.74) is 0.551. The van der Waals surface area contributed by atoms with E-state index in [1.807, 2.05) is 13.0 Å². The highest BCUT2D eigenvalue weighted by atomic mass is 32.2. The van der Waals surface area contributed by atoms with Crippen LogP contribution >= 0.6 is 0 Å². The van der Waals surface area contributed by atoms with Gasteiger partial charge in [-0.15, -0.1) is 0 Å². The normalized spacial score (nSPS) is 15.7. The minimum Gasteiger partial charge on any atom is -0.494 e. The molecule has 1 aliphatic heterocycles. The van der Waals surface area contributed by atoms with Gasteiger partial charge in [0.2, 0.25) is 10.0 Å². The Hall–Kier alpha value is -2.38. The van der Waals surface area contributed by atoms with Crippen LogP contribution in [0.25, 0.3) is 0 Å². The third-order valence-corrected chi connectivity index (χ3v) is 6.21. The van der Waals surface area contributed by atoms with Crippen molar-refractivity contribution >= 4 is 15.9 Å². The quantitative estimate of drug-likeness (QED) is 0.805. The molecule has 0 aliphatic carbocycles. The third kappa shape index (κ3) is 3.89. The maximum absolute atomic E-state index is 12.7. The van der Waals surface area contributed by atoms with E-state index in [2.05, 4.69) is 0 Å². The number of benzene rings is 2. The van der Waals surface area contributed by atoms with Crippen molar-refractivity contribution < 1.29 is 17.9 Å². The summed E-state index contributed by atoms with van der Waals surface area (Å²) in [6.45, 7) is 3.73. The molecule has 0 unspecified atom stereocenters. The van der Waals surface area contributed by atoms with Crippen LogP contribution in [0.15, 0.2) is 59.5 Å². The topological polar surface area (TPSA) is 66.9 Å². The number of hydrogen-bond donors (Lipinski definition) is 0. The largest absolute Gasteiger partial charge is 0.494 e. The first-order valence-electron chi connectivity index (χ1n) is 8.59. The van der Waals surface area contributed by atoms with Crippen LogP contribution in [0, 0.1) is 0 Å². The Morgan fingerprint density at radius 2 is 1.69 bits per heavy atom. The molecule has 1 heterocycles. The van der Waals surface area contributed by atoms with Gasteiger partial charge >= 0.3 is 0 Å². The molecule has 6 nitrogen and oxygen atoms in total. The van der Waals surface area contributed by atoms with Gasteiger partial charge < -0.3 is 9.64 Å². The third-order valence-electron chi connectivity index (χ3n) is 4.30. The molecule has 1 fully saturated rings. The van der Waals surface area contributed by atoms with Crippen LogP contribution in [0.1, 0.15) is 17.3 Å². The van der Waals surface area contributed by atoms with Crippen molar-refractivity contribution in [3.05, 3.63) is 60.2 Å². The minimum absolute atomic E-state index is 0.108. The zero-order chi connectivity index (χ0) is 18.6. The number of amides is 1. The highest BCUT2D eigenvalue weighted by molar-refractivity contribution is 7.89. The fraction of sp³-hybridized carbons (Fsp3) is 0.316. The maximum Gasteiger partial charge on any atom is 0.254 e. The Labute approximate surface area is 154 Å². The molecule has 0 bridgehead atoms. The molecule has 0 spiro atoms. The first-order valence-corrected chi connectivity index (χ1v) is 10.0. The summed E-state index contributed by atoms with van der Waals surface area (Å²) in [5.74, 6) is 0.548. The first kappa shape index (κ1) is 18.4. The van der Waals surface area contributed by atoms with Crippen LogP contribution in [-0.4, -0.2) is 56.3 Å². The lowest BCUT2D eigenvalue weighted by Crippen LogP contribution is -2.50. The Bertz CT molecular complexity index is 860. The van der Waals surface area contributed by atoms with Gasteiger partial charge in [0.25, 0.3) is 5.91 Å². The zero-order valence-corrected chi connectivity index (χ0v) is 15.5. The van der Waals surface area contributed by atoms with E-state index < -0.39 is 10.0 Å². The van der Waals surface area contributed by atoms with E-state index in [4.69, 9.17) is 4.74 Å². The summed E-state index contributed by atoms with van der Waals surface area (Å²) in [6.07, 6.45) is 0. The highest BCUT2D eigenvalue weighted by Crippen LogP contribution is 2.19. The monoisotopic (exact) mass is 374 g/mol. The van der Waals surface area contributed by atoms with Crippen LogP contribution in [0.5, 0.6) is 5.75 Å². The molecule has 0 radical (unpaired) electrons. The lowest BCUT2D eigenvalue weighted by molar-refractivity contribution is 0.0697. The maximum atomic E-state index is 12.7. The van der Waals surface area contributed by atoms with Crippen molar-refractivity contribution in [3.63, 3.8) is 0 Å². The molecular formula is C19H22N2O4S. The summed E-state index contributed by atoms with van der Waals surface area (Å²) in [4.78, 5) is 14.6. The van der Waals surface area contributed by atoms with Crippen LogP contribution in [-0.2, 0) is 10.0 Å². The fourth-order valence-corrected chi connectivity index (χ4v) is 4.38. The molecule has 0 saturated carbocycles. The number of nitrogens with zero attached hydrogens (tertiary/aromatic N) is 2. The van der Waals surface area contributed by atoms with Gasteiger partial charge in [-0.2, -0.15) is 4.31 Å². The molecule has 2 aromatic carbocycles. The van der Waals surface area contributed by atoms with Crippen molar-refractivity contribution in [2.24, 2.45) is 0 Å². The lowest BCUT2D eigenvalue weighted by atomic mass is 10.1. The molecule has 3 rings (SSSR count). The number of piperazine rings is 1. The molecule has 0 atom stereocenters. The van der Waals surface area contributed by atoms with Crippen molar-refractivity contribution in [2.45, 2.75) is 11.8 Å². The van der Waals surface area contributed by atoms with E-state index in [1.165, 1.54) is 4.31 Å². The van der Waals surface area contributed by atoms with Gasteiger partial charge in [0, 0.05) is 31.7 Å². The second-order valence-corrected chi connectivity index (χ2v) is 7.91. The number of carbonyl (C=O) groups excluding carboxylic acids is 1. The van der Waals surface area contributed by atoms with Crippen molar-refractivity contribution in [2.75, 3.05) is 32.8 Å². The smallest absolute Gasteiger partial charge is 0.254 e. The van der Waals surface area contributed by atoms with Gasteiger partial charge in [0.15, 0.2) is 0 Å². The average Bonchev–Trinajstić information content (AvgIpc) is 2.69. The minimum atomic E-state index is -3.51. The average molecular weight is 374 g/mol. The summed E-state index contributed by atoms with van der Waals surface area (Å²) in [7, 11) is -3.51. The standard InChI is InChI=1S/C19H22N2O4S/c1-2-25-17-8-6-7-16(15-17)19(22)20-11-13-21(14-12-20)26(23,24)18-9-4-3-5-10-18/h3-10,15H,2,11-14H2,1H3. The van der Waals surface area contributed by atoms with Crippen LogP contribution in [0.4, 0.5) is 0 Å². The van der Waals surface area contributed by atoms with Gasteiger partial charge in [0.1, 0.15) is 5.75 Å². The van der Waals surface area contributed by atoms with Crippen molar-refractivity contribution in [1.29, 1.82) is 0 Å². The second kappa shape index (κ2) is 7.88. The van der Waals surface area contributed by atoms with E-state index in [0.29, 0.717) is 31.0 Å². The summed E-state index contributed by atoms with van der Waals surface area (Å²) >= 11 is 0. The van der Waals surface area contributed by atoms with Gasteiger partial charge in [-0.25, -0.2) is 8.42 Å². The van der Waals surface area contributed by atoms with Gasteiger partial charge in [0.05, 0.1) is 11.5 Å². The summed E-state index contributed by atoms with van der Waals surface area (Å²) in [5, 5.41) is 0. The second-order valence-electron chi connectivity index (χ2n) is 5.97. The summed E-state index contributed by atoms with van der Waals surface area (Å²) < 4.78 is 32.2. The number of rotatable bonds is 5. The SMILES string of the molecule is CCOc1cccc(C(=O)N2CCN(S(=O)(=O)c3ccccc3)CC2)c1. The van der Waals surface area contributed by atoms with Crippen LogP contribution < -0.4 is 4.74 Å². The molecule has 26 heavy (non-hydrogen) atoms. The van der Waals surface area contributed by atoms with Crippen molar-refractivity contribution in [1.82, 2.24) is 9.21 Å². The number of sulfonamides is 1. The molecule has 0 N–H and O–H groups in total. The van der Waals surface area contributed by atoms with Gasteiger partial charge in [-0.05, 0) is 37.3 Å². The van der Waals surface area contributed by atoms with E-state index in [1.54, 1.807) is 53.4 Å². The van der Waals surface area contributed by atoms with E-state index in [9.17, 15) is 13.2 Å². The van der Waals surface area contributed by atoms with Gasteiger partial charge in [-0.1, -0.05) is 24.3 Å². The molecule has 0 aromatic heterocycles.